The summed E-state index contributed by atoms with van der Waals surface area (Å²) in [6, 6.07) is 6.63. The van der Waals surface area contributed by atoms with Crippen LogP contribution < -0.4 is 11.1 Å². The molecule has 8 nitrogen and oxygen atoms in total. The second kappa shape index (κ2) is 8.46. The Balaban J connectivity index is 1.76. The van der Waals surface area contributed by atoms with E-state index in [1.165, 1.54) is 11.0 Å². The molecule has 29 heavy (non-hydrogen) atoms. The molecule has 0 saturated carbocycles. The lowest BCUT2D eigenvalue weighted by atomic mass is 9.91. The fourth-order valence-electron chi connectivity index (χ4n) is 3.64. The highest BCUT2D eigenvalue weighted by molar-refractivity contribution is 6.03. The van der Waals surface area contributed by atoms with Gasteiger partial charge in [0.1, 0.15) is 6.04 Å². The summed E-state index contributed by atoms with van der Waals surface area (Å²) in [5.74, 6) is -0.882. The van der Waals surface area contributed by atoms with Crippen LogP contribution in [0.4, 0.5) is 5.69 Å². The molecule has 0 aromatic heterocycles. The van der Waals surface area contributed by atoms with E-state index in [9.17, 15) is 14.4 Å². The van der Waals surface area contributed by atoms with E-state index in [1.54, 1.807) is 13.0 Å². The Labute approximate surface area is 169 Å². The van der Waals surface area contributed by atoms with Crippen LogP contribution in [-0.4, -0.2) is 46.5 Å². The van der Waals surface area contributed by atoms with Crippen molar-refractivity contribution in [3.63, 3.8) is 0 Å². The Bertz CT molecular complexity index is 879. The van der Waals surface area contributed by atoms with Crippen LogP contribution in [-0.2, 0) is 19.2 Å². The van der Waals surface area contributed by atoms with Gasteiger partial charge in [0, 0.05) is 30.5 Å². The van der Waals surface area contributed by atoms with Crippen molar-refractivity contribution in [2.75, 3.05) is 11.9 Å². The number of nitrogens with zero attached hydrogens (tertiary/aromatic N) is 2. The zero-order valence-electron chi connectivity index (χ0n) is 16.7. The second-order valence-electron chi connectivity index (χ2n) is 7.37. The van der Waals surface area contributed by atoms with Gasteiger partial charge in [-0.3, -0.25) is 14.4 Å². The van der Waals surface area contributed by atoms with Gasteiger partial charge in [-0.25, -0.2) is 0 Å². The molecule has 3 rings (SSSR count). The molecule has 2 atom stereocenters. The zero-order chi connectivity index (χ0) is 21.0. The maximum atomic E-state index is 12.5. The van der Waals surface area contributed by atoms with E-state index in [0.717, 1.165) is 12.0 Å². The van der Waals surface area contributed by atoms with E-state index in [-0.39, 0.29) is 18.4 Å². The van der Waals surface area contributed by atoms with Crippen molar-refractivity contribution in [2.45, 2.75) is 51.2 Å². The van der Waals surface area contributed by atoms with Crippen LogP contribution in [0.25, 0.3) is 0 Å². The van der Waals surface area contributed by atoms with E-state index >= 15 is 0 Å². The lowest BCUT2D eigenvalue weighted by Crippen LogP contribution is -2.43. The summed E-state index contributed by atoms with van der Waals surface area (Å²) in [4.78, 5) is 43.3. The number of nitrogens with one attached hydrogen (secondary N) is 1. The number of carbonyl (C=O) groups is 3. The van der Waals surface area contributed by atoms with Crippen LogP contribution in [0.2, 0.25) is 0 Å². The molecule has 2 aliphatic heterocycles. The fourth-order valence-corrected chi connectivity index (χ4v) is 3.64. The number of carbonyl (C=O) groups excluding carboxylic acids is 3. The summed E-state index contributed by atoms with van der Waals surface area (Å²) >= 11 is 0. The largest absolute Gasteiger partial charge is 0.387 e. The average Bonchev–Trinajstić information content (AvgIpc) is 3.30. The summed E-state index contributed by atoms with van der Waals surface area (Å²) in [5.41, 5.74) is 6.98. The number of amides is 3. The summed E-state index contributed by atoms with van der Waals surface area (Å²) in [6.45, 7) is 3.96. The number of benzene rings is 1. The molecule has 1 spiro atoms. The first-order chi connectivity index (χ1) is 13.9. The first-order valence-corrected chi connectivity index (χ1v) is 9.79. The monoisotopic (exact) mass is 398 g/mol. The third-order valence-corrected chi connectivity index (χ3v) is 5.15. The van der Waals surface area contributed by atoms with Crippen LogP contribution in [0.5, 0.6) is 0 Å². The molecule has 0 bridgehead atoms. The minimum atomic E-state index is -0.770. The maximum absolute atomic E-state index is 12.5. The molecule has 1 unspecified atom stereocenters. The van der Waals surface area contributed by atoms with Crippen LogP contribution in [0, 0.1) is 0 Å². The molecule has 1 aromatic rings. The van der Waals surface area contributed by atoms with Crippen molar-refractivity contribution < 1.29 is 19.2 Å². The molecule has 8 heteroatoms. The molecule has 3 amide bonds. The third-order valence-electron chi connectivity index (χ3n) is 5.15. The molecule has 3 N–H and O–H groups in total. The predicted molar refractivity (Wildman–Crippen MR) is 109 cm³/mol. The molecular formula is C21H26N4O4. The minimum Gasteiger partial charge on any atom is -0.387 e. The number of anilines is 1. The van der Waals surface area contributed by atoms with E-state index < -0.39 is 17.6 Å². The van der Waals surface area contributed by atoms with E-state index in [2.05, 4.69) is 10.5 Å². The number of allylic oxidation sites excluding steroid dienone is 1. The maximum Gasteiger partial charge on any atom is 0.247 e. The molecule has 2 aliphatic rings. The summed E-state index contributed by atoms with van der Waals surface area (Å²) < 4.78 is 0. The fraction of sp³-hybridized carbons (Fsp3) is 0.429. The van der Waals surface area contributed by atoms with Crippen molar-refractivity contribution in [2.24, 2.45) is 10.9 Å². The first-order valence-electron chi connectivity index (χ1n) is 9.79. The van der Waals surface area contributed by atoms with Crippen molar-refractivity contribution in [3.05, 3.63) is 42.0 Å². The summed E-state index contributed by atoms with van der Waals surface area (Å²) in [5, 5.41) is 7.05. The van der Waals surface area contributed by atoms with Gasteiger partial charge >= 0.3 is 0 Å². The van der Waals surface area contributed by atoms with Gasteiger partial charge in [-0.1, -0.05) is 37.2 Å². The predicted octanol–water partition coefficient (Wildman–Crippen LogP) is 1.95. The highest BCUT2D eigenvalue weighted by atomic mass is 16.7. The van der Waals surface area contributed by atoms with Crippen molar-refractivity contribution in [3.8, 4) is 0 Å². The van der Waals surface area contributed by atoms with E-state index in [4.69, 9.17) is 10.6 Å². The zero-order valence-corrected chi connectivity index (χ0v) is 16.7. The highest BCUT2D eigenvalue weighted by Crippen LogP contribution is 2.39. The number of likely N-dealkylation sites (tertiary alicyclic amines) is 1. The Kier molecular flexibility index (Phi) is 6.00. The standard InChI is InChI=1S/C21H26N4O4/c1-3-5-9-19(27)25-13-21(12-17(25)20(22)28)11-16(24-29-21)14-7-6-8-15(10-14)23-18(26)4-2/h5-10,17H,3-4,11-13H2,1-2H3,(H2,22,28)(H,23,26)/b9-5+/t17-,21?/m0/s1. The average molecular weight is 398 g/mol. The lowest BCUT2D eigenvalue weighted by molar-refractivity contribution is -0.133. The molecule has 1 fully saturated rings. The van der Waals surface area contributed by atoms with Crippen LogP contribution in [0.3, 0.4) is 0 Å². The van der Waals surface area contributed by atoms with Gasteiger partial charge in [0.05, 0.1) is 12.3 Å². The highest BCUT2D eigenvalue weighted by Gasteiger charge is 2.52. The molecule has 2 heterocycles. The second-order valence-corrected chi connectivity index (χ2v) is 7.37. The third kappa shape index (κ3) is 4.47. The van der Waals surface area contributed by atoms with Crippen molar-refractivity contribution in [1.82, 2.24) is 4.90 Å². The SMILES string of the molecule is CC/C=C/C(=O)N1CC2(CC(c3cccc(NC(=O)CC)c3)=NO2)C[C@H]1C(N)=O. The Morgan fingerprint density at radius 2 is 2.17 bits per heavy atom. The summed E-state index contributed by atoms with van der Waals surface area (Å²) in [6.07, 6.45) is 5.07. The van der Waals surface area contributed by atoms with Gasteiger partial charge in [-0.15, -0.1) is 0 Å². The molecule has 0 aliphatic carbocycles. The molecular weight excluding hydrogens is 372 g/mol. The number of oxime groups is 1. The molecule has 154 valence electrons. The van der Waals surface area contributed by atoms with Gasteiger partial charge in [0.2, 0.25) is 17.7 Å². The van der Waals surface area contributed by atoms with Crippen LogP contribution in [0.1, 0.15) is 45.1 Å². The minimum absolute atomic E-state index is 0.0717. The van der Waals surface area contributed by atoms with Gasteiger partial charge in [-0.2, -0.15) is 0 Å². The van der Waals surface area contributed by atoms with Crippen molar-refractivity contribution >= 4 is 29.1 Å². The van der Waals surface area contributed by atoms with Crippen molar-refractivity contribution in [1.29, 1.82) is 0 Å². The Morgan fingerprint density at radius 3 is 2.86 bits per heavy atom. The van der Waals surface area contributed by atoms with E-state index in [1.807, 2.05) is 31.2 Å². The molecule has 1 saturated heterocycles. The quantitative estimate of drug-likeness (QED) is 0.713. The number of nitrogens with two attached hydrogens (primary N) is 1. The van der Waals surface area contributed by atoms with Gasteiger partial charge < -0.3 is 20.8 Å². The van der Waals surface area contributed by atoms with Gasteiger partial charge in [0.25, 0.3) is 0 Å². The van der Waals surface area contributed by atoms with Gasteiger partial charge in [0.15, 0.2) is 5.60 Å². The number of hydrogen-bond acceptors (Lipinski definition) is 5. The first kappa shape index (κ1) is 20.6. The number of hydrogen-bond donors (Lipinski definition) is 2. The lowest BCUT2D eigenvalue weighted by Gasteiger charge is -2.21. The molecule has 0 radical (unpaired) electrons. The van der Waals surface area contributed by atoms with Gasteiger partial charge in [-0.05, 0) is 24.6 Å². The Hall–Kier alpha value is -3.16. The number of primary amides is 1. The summed E-state index contributed by atoms with van der Waals surface area (Å²) in [7, 11) is 0. The van der Waals surface area contributed by atoms with E-state index in [0.29, 0.717) is 30.7 Å². The number of rotatable bonds is 6. The molecule has 1 aromatic carbocycles. The van der Waals surface area contributed by atoms with Crippen LogP contribution in [0.15, 0.2) is 41.6 Å². The Morgan fingerprint density at radius 1 is 1.38 bits per heavy atom. The topological polar surface area (TPSA) is 114 Å². The van der Waals surface area contributed by atoms with Crippen LogP contribution >= 0.6 is 0 Å². The normalized spacial score (nSPS) is 23.3. The smallest absolute Gasteiger partial charge is 0.247 e.